The Morgan fingerprint density at radius 3 is 2.40 bits per heavy atom. The zero-order valence-electron chi connectivity index (χ0n) is 12.3. The van der Waals surface area contributed by atoms with Gasteiger partial charge in [0.05, 0.1) is 11.3 Å². The van der Waals surface area contributed by atoms with Crippen molar-refractivity contribution in [2.24, 2.45) is 0 Å². The average Bonchev–Trinajstić information content (AvgIpc) is 2.36. The van der Waals surface area contributed by atoms with E-state index in [4.69, 9.17) is 0 Å². The number of carbonyl (C=O) groups is 2. The van der Waals surface area contributed by atoms with Crippen molar-refractivity contribution in [3.05, 3.63) is 17.1 Å². The van der Waals surface area contributed by atoms with E-state index in [0.717, 1.165) is 0 Å². The van der Waals surface area contributed by atoms with Gasteiger partial charge in [0.1, 0.15) is 16.4 Å². The first kappa shape index (κ1) is 16.4. The number of hydrogen-bond donors (Lipinski definition) is 2. The monoisotopic (exact) mass is 297 g/mol. The highest BCUT2D eigenvalue weighted by molar-refractivity contribution is 7.98. The van der Waals surface area contributed by atoms with E-state index in [1.165, 1.54) is 18.7 Å². The van der Waals surface area contributed by atoms with Crippen molar-refractivity contribution in [2.75, 3.05) is 6.26 Å². The van der Waals surface area contributed by atoms with Crippen molar-refractivity contribution < 1.29 is 14.7 Å². The topological polar surface area (TPSA) is 92.2 Å². The lowest BCUT2D eigenvalue weighted by Gasteiger charge is -2.25. The molecule has 1 heterocycles. The van der Waals surface area contributed by atoms with Crippen LogP contribution in [0.2, 0.25) is 0 Å². The number of carbonyl (C=O) groups excluding carboxylic acids is 1. The van der Waals surface area contributed by atoms with E-state index in [9.17, 15) is 14.7 Å². The maximum Gasteiger partial charge on any atom is 0.329 e. The molecule has 1 atom stereocenters. The van der Waals surface area contributed by atoms with Crippen LogP contribution in [0.1, 0.15) is 42.1 Å². The van der Waals surface area contributed by atoms with Crippen LogP contribution < -0.4 is 5.32 Å². The van der Waals surface area contributed by atoms with Gasteiger partial charge in [-0.15, -0.1) is 11.8 Å². The molecular formula is C13H19N3O3S. The summed E-state index contributed by atoms with van der Waals surface area (Å²) in [5.41, 5.74) is -0.420. The molecule has 0 radical (unpaired) electrons. The van der Waals surface area contributed by atoms with Gasteiger partial charge in [-0.25, -0.2) is 14.8 Å². The third-order valence-electron chi connectivity index (χ3n) is 3.16. The minimum absolute atomic E-state index is 0.286. The third kappa shape index (κ3) is 3.27. The van der Waals surface area contributed by atoms with Crippen LogP contribution in [0.3, 0.4) is 0 Å². The molecule has 1 aromatic heterocycles. The van der Waals surface area contributed by atoms with Gasteiger partial charge in [-0.3, -0.25) is 4.79 Å². The summed E-state index contributed by atoms with van der Waals surface area (Å²) < 4.78 is 0. The summed E-state index contributed by atoms with van der Waals surface area (Å²) in [6.45, 7) is 6.66. The van der Waals surface area contributed by atoms with Crippen LogP contribution in [0.15, 0.2) is 5.03 Å². The molecule has 0 bridgehead atoms. The molecule has 2 N–H and O–H groups in total. The Morgan fingerprint density at radius 1 is 1.35 bits per heavy atom. The number of thioether (sulfide) groups is 1. The summed E-state index contributed by atoms with van der Waals surface area (Å²) in [5, 5.41) is 12.3. The van der Waals surface area contributed by atoms with E-state index in [1.807, 2.05) is 6.26 Å². The maximum atomic E-state index is 12.4. The number of nitrogens with one attached hydrogen (secondary N) is 1. The summed E-state index contributed by atoms with van der Waals surface area (Å²) in [6, 6.07) is 0. The van der Waals surface area contributed by atoms with Gasteiger partial charge in [0.15, 0.2) is 0 Å². The largest absolute Gasteiger partial charge is 0.480 e. The zero-order chi connectivity index (χ0) is 15.5. The third-order valence-corrected chi connectivity index (χ3v) is 3.84. The molecule has 1 rings (SSSR count). The number of nitrogens with zero attached hydrogens (tertiary/aromatic N) is 2. The Labute approximate surface area is 122 Å². The maximum absolute atomic E-state index is 12.4. The van der Waals surface area contributed by atoms with Gasteiger partial charge < -0.3 is 10.4 Å². The first-order valence-corrected chi connectivity index (χ1v) is 7.42. The molecule has 0 spiro atoms. The average molecular weight is 297 g/mol. The van der Waals surface area contributed by atoms with E-state index in [-0.39, 0.29) is 6.42 Å². The molecule has 110 valence electrons. The van der Waals surface area contributed by atoms with Crippen molar-refractivity contribution in [3.8, 4) is 0 Å². The fraction of sp³-hybridized carbons (Fsp3) is 0.538. The van der Waals surface area contributed by atoms with Crippen LogP contribution in [-0.4, -0.2) is 38.7 Å². The molecule has 1 unspecified atom stereocenters. The second kappa shape index (κ2) is 6.21. The minimum atomic E-state index is -1.30. The van der Waals surface area contributed by atoms with Crippen LogP contribution in [0.4, 0.5) is 0 Å². The quantitative estimate of drug-likeness (QED) is 0.636. The molecule has 0 aliphatic carbocycles. The van der Waals surface area contributed by atoms with E-state index < -0.39 is 17.4 Å². The van der Waals surface area contributed by atoms with Crippen LogP contribution in [0, 0.1) is 13.8 Å². The van der Waals surface area contributed by atoms with Gasteiger partial charge in [0, 0.05) is 0 Å². The van der Waals surface area contributed by atoms with Crippen LogP contribution in [0.25, 0.3) is 0 Å². The summed E-state index contributed by atoms with van der Waals surface area (Å²) in [6.07, 6.45) is 2.10. The number of carboxylic acid groups (broad SMARTS) is 1. The number of amides is 1. The Morgan fingerprint density at radius 2 is 1.95 bits per heavy atom. The zero-order valence-corrected chi connectivity index (χ0v) is 13.1. The van der Waals surface area contributed by atoms with E-state index in [1.54, 1.807) is 20.8 Å². The normalized spacial score (nSPS) is 13.7. The number of hydrogen-bond acceptors (Lipinski definition) is 5. The van der Waals surface area contributed by atoms with E-state index in [0.29, 0.717) is 22.1 Å². The standard InChI is InChI=1S/C13H19N3O3S/c1-6-13(4,12(18)19)16-10(17)9-7(2)14-8(3)15-11(9)20-5/h6H2,1-5H3,(H,16,17)(H,18,19). The van der Waals surface area contributed by atoms with Gasteiger partial charge in [-0.2, -0.15) is 0 Å². The lowest BCUT2D eigenvalue weighted by Crippen LogP contribution is -2.52. The lowest BCUT2D eigenvalue weighted by atomic mass is 9.98. The molecule has 7 heteroatoms. The summed E-state index contributed by atoms with van der Waals surface area (Å²) in [5.74, 6) is -0.941. The smallest absolute Gasteiger partial charge is 0.329 e. The second-order valence-electron chi connectivity index (χ2n) is 4.69. The number of aryl methyl sites for hydroxylation is 2. The van der Waals surface area contributed by atoms with E-state index in [2.05, 4.69) is 15.3 Å². The first-order chi connectivity index (χ1) is 9.25. The molecule has 0 saturated heterocycles. The molecule has 0 aromatic carbocycles. The summed E-state index contributed by atoms with van der Waals surface area (Å²) in [7, 11) is 0. The van der Waals surface area contributed by atoms with Gasteiger partial charge in [0.2, 0.25) is 0 Å². The second-order valence-corrected chi connectivity index (χ2v) is 5.48. The molecule has 0 aliphatic rings. The molecule has 1 aromatic rings. The highest BCUT2D eigenvalue weighted by atomic mass is 32.2. The molecular weight excluding hydrogens is 278 g/mol. The molecule has 0 fully saturated rings. The Kier molecular flexibility index (Phi) is 5.10. The van der Waals surface area contributed by atoms with Crippen LogP contribution in [0.5, 0.6) is 0 Å². The van der Waals surface area contributed by atoms with Gasteiger partial charge in [-0.1, -0.05) is 6.92 Å². The molecule has 0 aliphatic heterocycles. The molecule has 1 amide bonds. The Hall–Kier alpha value is -1.63. The Bertz CT molecular complexity index is 548. The molecule has 0 saturated carbocycles. The van der Waals surface area contributed by atoms with Crippen molar-refractivity contribution in [1.29, 1.82) is 0 Å². The van der Waals surface area contributed by atoms with Crippen LogP contribution >= 0.6 is 11.8 Å². The van der Waals surface area contributed by atoms with Gasteiger partial charge in [-0.05, 0) is 33.4 Å². The summed E-state index contributed by atoms with van der Waals surface area (Å²) in [4.78, 5) is 32.0. The van der Waals surface area contributed by atoms with Crippen molar-refractivity contribution >= 4 is 23.6 Å². The van der Waals surface area contributed by atoms with E-state index >= 15 is 0 Å². The summed E-state index contributed by atoms with van der Waals surface area (Å²) >= 11 is 1.33. The highest BCUT2D eigenvalue weighted by Gasteiger charge is 2.34. The van der Waals surface area contributed by atoms with Crippen molar-refractivity contribution in [3.63, 3.8) is 0 Å². The number of carboxylic acids is 1. The first-order valence-electron chi connectivity index (χ1n) is 6.20. The fourth-order valence-corrected chi connectivity index (χ4v) is 2.36. The van der Waals surface area contributed by atoms with Crippen molar-refractivity contribution in [2.45, 2.75) is 44.7 Å². The molecule has 6 nitrogen and oxygen atoms in total. The SMILES string of the molecule is CCC(C)(NC(=O)c1c(C)nc(C)nc1SC)C(=O)O. The van der Waals surface area contributed by atoms with Crippen LogP contribution in [-0.2, 0) is 4.79 Å². The Balaban J connectivity index is 3.19. The number of aliphatic carboxylic acids is 1. The predicted molar refractivity (Wildman–Crippen MR) is 77.1 cm³/mol. The van der Waals surface area contributed by atoms with Crippen molar-refractivity contribution in [1.82, 2.24) is 15.3 Å². The highest BCUT2D eigenvalue weighted by Crippen LogP contribution is 2.21. The lowest BCUT2D eigenvalue weighted by molar-refractivity contribution is -0.143. The number of aromatic nitrogens is 2. The molecule has 20 heavy (non-hydrogen) atoms. The fourth-order valence-electron chi connectivity index (χ4n) is 1.70. The predicted octanol–water partition coefficient (Wildman–Crippen LogP) is 1.80. The van der Waals surface area contributed by atoms with Gasteiger partial charge >= 0.3 is 5.97 Å². The van der Waals surface area contributed by atoms with Gasteiger partial charge in [0.25, 0.3) is 5.91 Å². The minimum Gasteiger partial charge on any atom is -0.480 e. The number of rotatable bonds is 5.